The van der Waals surface area contributed by atoms with Gasteiger partial charge in [0.25, 0.3) is 0 Å². The molecule has 1 fully saturated rings. The van der Waals surface area contributed by atoms with Gasteiger partial charge < -0.3 is 0 Å². The lowest BCUT2D eigenvalue weighted by atomic mass is 9.55. The van der Waals surface area contributed by atoms with Crippen LogP contribution in [0.4, 0.5) is 0 Å². The first kappa shape index (κ1) is 9.94. The summed E-state index contributed by atoms with van der Waals surface area (Å²) in [6.07, 6.45) is 17.6. The van der Waals surface area contributed by atoms with Gasteiger partial charge in [0.15, 0.2) is 0 Å². The van der Waals surface area contributed by atoms with Crippen LogP contribution in [0.1, 0.15) is 32.6 Å². The van der Waals surface area contributed by atoms with Gasteiger partial charge in [-0.15, -0.1) is 0 Å². The molecule has 0 heteroatoms. The van der Waals surface area contributed by atoms with Crippen molar-refractivity contribution in [1.29, 1.82) is 0 Å². The molecule has 0 saturated heterocycles. The van der Waals surface area contributed by atoms with Crippen molar-refractivity contribution in [3.63, 3.8) is 0 Å². The van der Waals surface area contributed by atoms with E-state index in [1.165, 1.54) is 25.7 Å². The van der Waals surface area contributed by atoms with Crippen LogP contribution in [0.25, 0.3) is 0 Å². The summed E-state index contributed by atoms with van der Waals surface area (Å²) in [4.78, 5) is 0. The minimum Gasteiger partial charge on any atom is -0.0840 e. The third-order valence-electron chi connectivity index (χ3n) is 5.30. The maximum Gasteiger partial charge on any atom is -0.00589 e. The molecular weight excluding hydrogens is 204 g/mol. The smallest absolute Gasteiger partial charge is 0.00589 e. The zero-order valence-electron chi connectivity index (χ0n) is 10.5. The van der Waals surface area contributed by atoms with Crippen molar-refractivity contribution in [2.75, 3.05) is 0 Å². The zero-order valence-corrected chi connectivity index (χ0v) is 10.5. The van der Waals surface area contributed by atoms with E-state index in [2.05, 4.69) is 37.3 Å². The van der Waals surface area contributed by atoms with Crippen molar-refractivity contribution in [3.05, 3.63) is 47.1 Å². The Labute approximate surface area is 104 Å². The van der Waals surface area contributed by atoms with Crippen molar-refractivity contribution in [2.24, 2.45) is 23.7 Å². The summed E-state index contributed by atoms with van der Waals surface area (Å²) >= 11 is 0. The Kier molecular flexibility index (Phi) is 2.03. The van der Waals surface area contributed by atoms with Crippen LogP contribution >= 0.6 is 0 Å². The Morgan fingerprint density at radius 3 is 2.71 bits per heavy atom. The minimum atomic E-state index is 0.849. The molecule has 4 unspecified atom stereocenters. The zero-order chi connectivity index (χ0) is 11.4. The maximum absolute atomic E-state index is 2.47. The molecule has 0 bridgehead atoms. The van der Waals surface area contributed by atoms with E-state index >= 15 is 0 Å². The topological polar surface area (TPSA) is 0 Å². The highest BCUT2D eigenvalue weighted by atomic mass is 14.5. The van der Waals surface area contributed by atoms with E-state index in [0.29, 0.717) is 0 Å². The largest absolute Gasteiger partial charge is 0.0840 e. The Morgan fingerprint density at radius 2 is 1.76 bits per heavy atom. The van der Waals surface area contributed by atoms with Crippen molar-refractivity contribution in [3.8, 4) is 0 Å². The van der Waals surface area contributed by atoms with E-state index in [-0.39, 0.29) is 0 Å². The average molecular weight is 224 g/mol. The molecule has 88 valence electrons. The molecule has 0 amide bonds. The van der Waals surface area contributed by atoms with Gasteiger partial charge in [0.2, 0.25) is 0 Å². The first-order valence-electron chi connectivity index (χ1n) is 7.08. The van der Waals surface area contributed by atoms with E-state index in [9.17, 15) is 0 Å². The Balaban J connectivity index is 1.86. The van der Waals surface area contributed by atoms with Crippen LogP contribution in [-0.2, 0) is 0 Å². The van der Waals surface area contributed by atoms with Crippen molar-refractivity contribution < 1.29 is 0 Å². The van der Waals surface area contributed by atoms with E-state index in [4.69, 9.17) is 0 Å². The van der Waals surface area contributed by atoms with Crippen LogP contribution in [0.2, 0.25) is 0 Å². The molecule has 0 aromatic rings. The SMILES string of the molecule is CC1=CC2=CC=C3C=CCC4CCC(C1)C2C34. The summed E-state index contributed by atoms with van der Waals surface area (Å²) in [5.74, 6) is 3.57. The molecule has 0 radical (unpaired) electrons. The van der Waals surface area contributed by atoms with Crippen molar-refractivity contribution in [2.45, 2.75) is 32.6 Å². The van der Waals surface area contributed by atoms with E-state index in [0.717, 1.165) is 23.7 Å². The molecule has 0 heterocycles. The molecule has 17 heavy (non-hydrogen) atoms. The normalized spacial score (nSPS) is 42.3. The maximum atomic E-state index is 2.47. The van der Waals surface area contributed by atoms with Gasteiger partial charge in [0, 0.05) is 0 Å². The molecule has 4 aliphatic carbocycles. The molecule has 0 aromatic heterocycles. The summed E-state index contributed by atoms with van der Waals surface area (Å²) in [6.45, 7) is 2.31. The van der Waals surface area contributed by atoms with Gasteiger partial charge in [-0.3, -0.25) is 0 Å². The molecule has 0 nitrogen and oxygen atoms in total. The second kappa shape index (κ2) is 3.48. The van der Waals surface area contributed by atoms with Crippen LogP contribution in [-0.4, -0.2) is 0 Å². The van der Waals surface area contributed by atoms with Gasteiger partial charge in [-0.1, -0.05) is 36.0 Å². The lowest BCUT2D eigenvalue weighted by molar-refractivity contribution is 0.135. The summed E-state index contributed by atoms with van der Waals surface area (Å²) in [7, 11) is 0. The second-order valence-electron chi connectivity index (χ2n) is 6.32. The number of rotatable bonds is 0. The lowest BCUT2D eigenvalue weighted by Gasteiger charge is -2.49. The first-order chi connectivity index (χ1) is 8.33. The van der Waals surface area contributed by atoms with E-state index in [1.54, 1.807) is 16.7 Å². The summed E-state index contributed by atoms with van der Waals surface area (Å²) < 4.78 is 0. The Morgan fingerprint density at radius 1 is 1.00 bits per heavy atom. The molecule has 1 saturated carbocycles. The van der Waals surface area contributed by atoms with Crippen molar-refractivity contribution in [1.82, 2.24) is 0 Å². The van der Waals surface area contributed by atoms with Gasteiger partial charge in [-0.25, -0.2) is 0 Å². The van der Waals surface area contributed by atoms with Crippen LogP contribution in [0.15, 0.2) is 47.1 Å². The third kappa shape index (κ3) is 1.36. The predicted octanol–water partition coefficient (Wildman–Crippen LogP) is 4.42. The Bertz CT molecular complexity index is 472. The number of allylic oxidation sites excluding steroid dienone is 8. The molecular formula is C17H20. The molecule has 4 atom stereocenters. The average Bonchev–Trinajstić information content (AvgIpc) is 2.35. The van der Waals surface area contributed by atoms with Gasteiger partial charge in [-0.05, 0) is 67.4 Å². The number of hydrogen-bond donors (Lipinski definition) is 0. The lowest BCUT2D eigenvalue weighted by Crippen LogP contribution is -2.40. The Hall–Kier alpha value is -1.04. The minimum absolute atomic E-state index is 0.849. The highest BCUT2D eigenvalue weighted by molar-refractivity contribution is 5.45. The molecule has 0 aromatic carbocycles. The van der Waals surface area contributed by atoms with Gasteiger partial charge in [0.1, 0.15) is 0 Å². The van der Waals surface area contributed by atoms with Gasteiger partial charge >= 0.3 is 0 Å². The predicted molar refractivity (Wildman–Crippen MR) is 71.5 cm³/mol. The van der Waals surface area contributed by atoms with E-state index < -0.39 is 0 Å². The molecule has 0 aliphatic heterocycles. The fraction of sp³-hybridized carbons (Fsp3) is 0.529. The number of hydrogen-bond acceptors (Lipinski definition) is 0. The van der Waals surface area contributed by atoms with Crippen molar-refractivity contribution >= 4 is 0 Å². The fourth-order valence-electron chi connectivity index (χ4n) is 4.69. The molecule has 0 N–H and O–H groups in total. The fourth-order valence-corrected chi connectivity index (χ4v) is 4.69. The summed E-state index contributed by atoms with van der Waals surface area (Å²) in [5, 5.41) is 0. The summed E-state index contributed by atoms with van der Waals surface area (Å²) in [5.41, 5.74) is 4.85. The standard InChI is InChI=1S/C17H20/c1-11-9-14-7-5-12-3-2-4-13-6-8-15(10-11)17(14)16(12)13/h2-3,5,7,9,13,15-17H,4,6,8,10H2,1H3. The summed E-state index contributed by atoms with van der Waals surface area (Å²) in [6, 6.07) is 0. The first-order valence-corrected chi connectivity index (χ1v) is 7.08. The van der Waals surface area contributed by atoms with Gasteiger partial charge in [-0.2, -0.15) is 0 Å². The quantitative estimate of drug-likeness (QED) is 0.571. The second-order valence-corrected chi connectivity index (χ2v) is 6.32. The van der Waals surface area contributed by atoms with Crippen LogP contribution in [0.5, 0.6) is 0 Å². The monoisotopic (exact) mass is 224 g/mol. The molecule has 4 aliphatic rings. The highest BCUT2D eigenvalue weighted by Gasteiger charge is 2.44. The molecule has 0 spiro atoms. The van der Waals surface area contributed by atoms with E-state index in [1.807, 2.05) is 0 Å². The van der Waals surface area contributed by atoms with Crippen LogP contribution in [0, 0.1) is 23.7 Å². The third-order valence-corrected chi connectivity index (χ3v) is 5.30. The highest BCUT2D eigenvalue weighted by Crippen LogP contribution is 2.54. The van der Waals surface area contributed by atoms with Gasteiger partial charge in [0.05, 0.1) is 0 Å². The molecule has 4 rings (SSSR count). The van der Waals surface area contributed by atoms with Crippen LogP contribution in [0.3, 0.4) is 0 Å². The van der Waals surface area contributed by atoms with Crippen LogP contribution < -0.4 is 0 Å².